The van der Waals surface area contributed by atoms with E-state index in [1.54, 1.807) is 0 Å². The van der Waals surface area contributed by atoms with E-state index in [-0.39, 0.29) is 24.0 Å². The van der Waals surface area contributed by atoms with Gasteiger partial charge in [-0.15, -0.1) is 24.0 Å². The van der Waals surface area contributed by atoms with Crippen LogP contribution in [0.4, 0.5) is 0 Å². The second-order valence-electron chi connectivity index (χ2n) is 5.12. The predicted molar refractivity (Wildman–Crippen MR) is 96.9 cm³/mol. The first-order valence-electron chi connectivity index (χ1n) is 7.40. The Morgan fingerprint density at radius 3 is 2.70 bits per heavy atom. The van der Waals surface area contributed by atoms with Crippen LogP contribution in [0.25, 0.3) is 0 Å². The lowest BCUT2D eigenvalue weighted by Gasteiger charge is -2.21. The quantitative estimate of drug-likeness (QED) is 0.488. The van der Waals surface area contributed by atoms with Gasteiger partial charge >= 0.3 is 0 Å². The summed E-state index contributed by atoms with van der Waals surface area (Å²) in [4.78, 5) is 6.97. The van der Waals surface area contributed by atoms with Crippen molar-refractivity contribution in [3.05, 3.63) is 35.9 Å². The zero-order chi connectivity index (χ0) is 13.5. The van der Waals surface area contributed by atoms with Gasteiger partial charge in [-0.25, -0.2) is 0 Å². The number of rotatable bonds is 4. The Labute approximate surface area is 139 Å². The summed E-state index contributed by atoms with van der Waals surface area (Å²) in [6.07, 6.45) is 2.45. The third-order valence-corrected chi connectivity index (χ3v) is 3.60. The molecule has 20 heavy (non-hydrogen) atoms. The van der Waals surface area contributed by atoms with Crippen LogP contribution >= 0.6 is 24.0 Å². The Balaban J connectivity index is 0.00000200. The number of nitrogens with zero attached hydrogens (tertiary/aromatic N) is 2. The molecule has 0 saturated carbocycles. The minimum Gasteiger partial charge on any atom is -0.357 e. The van der Waals surface area contributed by atoms with Crippen LogP contribution in [0, 0.1) is 5.92 Å². The minimum atomic E-state index is 0. The zero-order valence-electron chi connectivity index (χ0n) is 12.5. The first kappa shape index (κ1) is 17.3. The lowest BCUT2D eigenvalue weighted by Crippen LogP contribution is -2.40. The summed E-state index contributed by atoms with van der Waals surface area (Å²) >= 11 is 0. The van der Waals surface area contributed by atoms with Crippen LogP contribution in [-0.2, 0) is 6.42 Å². The van der Waals surface area contributed by atoms with E-state index in [2.05, 4.69) is 59.4 Å². The Hall–Kier alpha value is -0.780. The molecule has 0 bridgehead atoms. The molecule has 1 heterocycles. The summed E-state index contributed by atoms with van der Waals surface area (Å²) in [5, 5.41) is 3.39. The summed E-state index contributed by atoms with van der Waals surface area (Å²) in [5.41, 5.74) is 1.45. The Kier molecular flexibility index (Phi) is 7.95. The van der Waals surface area contributed by atoms with Crippen LogP contribution in [0.2, 0.25) is 0 Å². The molecule has 1 fully saturated rings. The average molecular weight is 387 g/mol. The first-order valence-corrected chi connectivity index (χ1v) is 7.40. The van der Waals surface area contributed by atoms with Crippen LogP contribution in [0.3, 0.4) is 0 Å². The molecule has 1 aromatic rings. The van der Waals surface area contributed by atoms with Gasteiger partial charge in [0.25, 0.3) is 0 Å². The third-order valence-electron chi connectivity index (χ3n) is 3.60. The number of hydrogen-bond acceptors (Lipinski definition) is 1. The second-order valence-corrected chi connectivity index (χ2v) is 5.12. The molecule has 1 aliphatic rings. The molecule has 0 aromatic heterocycles. The van der Waals surface area contributed by atoms with Crippen molar-refractivity contribution in [3.8, 4) is 0 Å². The maximum absolute atomic E-state index is 4.57. The topological polar surface area (TPSA) is 27.6 Å². The van der Waals surface area contributed by atoms with Gasteiger partial charge in [0.05, 0.1) is 0 Å². The van der Waals surface area contributed by atoms with Crippen LogP contribution < -0.4 is 5.32 Å². The van der Waals surface area contributed by atoms with Crippen molar-refractivity contribution < 1.29 is 0 Å². The standard InChI is InChI=1S/C16H25N3.HI/c1-3-17-16(18-4-2)19-11-10-15(13-19)12-14-8-6-5-7-9-14;/h5-9,15H,3-4,10-13H2,1-2H3,(H,17,18);1H. The number of benzene rings is 1. The number of hydrogen-bond donors (Lipinski definition) is 1. The molecule has 1 unspecified atom stereocenters. The number of halogens is 1. The van der Waals surface area contributed by atoms with Crippen molar-refractivity contribution in [2.75, 3.05) is 26.2 Å². The first-order chi connectivity index (χ1) is 9.33. The summed E-state index contributed by atoms with van der Waals surface area (Å²) in [6.45, 7) is 8.27. The second kappa shape index (κ2) is 9.21. The molecular formula is C16H26IN3. The van der Waals surface area contributed by atoms with Crippen molar-refractivity contribution >= 4 is 29.9 Å². The number of nitrogens with one attached hydrogen (secondary N) is 1. The highest BCUT2D eigenvalue weighted by molar-refractivity contribution is 14.0. The zero-order valence-corrected chi connectivity index (χ0v) is 14.8. The lowest BCUT2D eigenvalue weighted by molar-refractivity contribution is 0.460. The van der Waals surface area contributed by atoms with Crippen molar-refractivity contribution in [2.45, 2.75) is 26.7 Å². The highest BCUT2D eigenvalue weighted by atomic mass is 127. The van der Waals surface area contributed by atoms with Gasteiger partial charge in [-0.05, 0) is 38.2 Å². The van der Waals surface area contributed by atoms with Gasteiger partial charge in [0, 0.05) is 26.2 Å². The van der Waals surface area contributed by atoms with Crippen LogP contribution in [0.15, 0.2) is 35.3 Å². The van der Waals surface area contributed by atoms with Crippen molar-refractivity contribution in [1.82, 2.24) is 10.2 Å². The van der Waals surface area contributed by atoms with E-state index in [0.29, 0.717) is 0 Å². The average Bonchev–Trinajstić information content (AvgIpc) is 2.88. The van der Waals surface area contributed by atoms with E-state index in [1.807, 2.05) is 0 Å². The molecule has 3 nitrogen and oxygen atoms in total. The number of guanidine groups is 1. The fourth-order valence-corrected chi connectivity index (χ4v) is 2.71. The molecule has 1 N–H and O–H groups in total. The van der Waals surface area contributed by atoms with Crippen molar-refractivity contribution in [3.63, 3.8) is 0 Å². The van der Waals surface area contributed by atoms with Crippen molar-refractivity contribution in [2.24, 2.45) is 10.9 Å². The minimum absolute atomic E-state index is 0. The smallest absolute Gasteiger partial charge is 0.193 e. The fourth-order valence-electron chi connectivity index (χ4n) is 2.71. The monoisotopic (exact) mass is 387 g/mol. The normalized spacial score (nSPS) is 18.8. The molecule has 0 aliphatic carbocycles. The maximum atomic E-state index is 4.57. The molecule has 2 rings (SSSR count). The summed E-state index contributed by atoms with van der Waals surface area (Å²) in [5.74, 6) is 1.84. The van der Waals surface area contributed by atoms with Crippen LogP contribution in [0.5, 0.6) is 0 Å². The third kappa shape index (κ3) is 4.96. The Morgan fingerprint density at radius 1 is 1.30 bits per heavy atom. The van der Waals surface area contributed by atoms with Crippen LogP contribution in [0.1, 0.15) is 25.8 Å². The molecule has 0 amide bonds. The molecule has 1 aliphatic heterocycles. The van der Waals surface area contributed by atoms with E-state index in [9.17, 15) is 0 Å². The van der Waals surface area contributed by atoms with E-state index in [1.165, 1.54) is 18.4 Å². The lowest BCUT2D eigenvalue weighted by atomic mass is 9.99. The SMILES string of the molecule is CCN=C(NCC)N1CCC(Cc2ccccc2)C1.I. The number of aliphatic imine (C=N–C) groups is 1. The van der Waals surface area contributed by atoms with Crippen molar-refractivity contribution in [1.29, 1.82) is 0 Å². The molecule has 0 radical (unpaired) electrons. The van der Waals surface area contributed by atoms with Gasteiger partial charge in [0.1, 0.15) is 0 Å². The molecule has 1 atom stereocenters. The highest BCUT2D eigenvalue weighted by Crippen LogP contribution is 2.20. The summed E-state index contributed by atoms with van der Waals surface area (Å²) in [6, 6.07) is 10.8. The Bertz CT molecular complexity index is 405. The molecule has 0 spiro atoms. The summed E-state index contributed by atoms with van der Waals surface area (Å²) < 4.78 is 0. The van der Waals surface area contributed by atoms with Gasteiger partial charge in [-0.2, -0.15) is 0 Å². The van der Waals surface area contributed by atoms with Gasteiger partial charge in [0.15, 0.2) is 5.96 Å². The molecular weight excluding hydrogens is 361 g/mol. The predicted octanol–water partition coefficient (Wildman–Crippen LogP) is 3.15. The number of likely N-dealkylation sites (tertiary alicyclic amines) is 1. The maximum Gasteiger partial charge on any atom is 0.193 e. The van der Waals surface area contributed by atoms with Gasteiger partial charge in [0.2, 0.25) is 0 Å². The highest BCUT2D eigenvalue weighted by Gasteiger charge is 2.24. The van der Waals surface area contributed by atoms with E-state index >= 15 is 0 Å². The molecule has 1 aromatic carbocycles. The van der Waals surface area contributed by atoms with Gasteiger partial charge in [-0.3, -0.25) is 4.99 Å². The molecule has 1 saturated heterocycles. The summed E-state index contributed by atoms with van der Waals surface area (Å²) in [7, 11) is 0. The van der Waals surface area contributed by atoms with Gasteiger partial charge < -0.3 is 10.2 Å². The van der Waals surface area contributed by atoms with E-state index in [4.69, 9.17) is 0 Å². The van der Waals surface area contributed by atoms with Crippen LogP contribution in [-0.4, -0.2) is 37.0 Å². The molecule has 4 heteroatoms. The van der Waals surface area contributed by atoms with Gasteiger partial charge in [-0.1, -0.05) is 30.3 Å². The van der Waals surface area contributed by atoms with E-state index in [0.717, 1.165) is 38.1 Å². The fraction of sp³-hybridized carbons (Fsp3) is 0.562. The largest absolute Gasteiger partial charge is 0.357 e. The van der Waals surface area contributed by atoms with E-state index < -0.39 is 0 Å². The molecule has 112 valence electrons. The Morgan fingerprint density at radius 2 is 2.05 bits per heavy atom.